The number of nitrogens with zero attached hydrogens (tertiary/aromatic N) is 2. The van der Waals surface area contributed by atoms with E-state index in [0.717, 1.165) is 5.56 Å². The molecule has 0 amide bonds. The van der Waals surface area contributed by atoms with Crippen molar-refractivity contribution in [2.24, 2.45) is 0 Å². The number of rotatable bonds is 4. The second-order valence-corrected chi connectivity index (χ2v) is 9.19. The number of halogens is 1. The molecule has 0 fully saturated rings. The number of sulfone groups is 1. The first kappa shape index (κ1) is 18.4. The molecule has 0 saturated carbocycles. The molecule has 6 nitrogen and oxygen atoms in total. The van der Waals surface area contributed by atoms with Gasteiger partial charge < -0.3 is 5.32 Å². The summed E-state index contributed by atoms with van der Waals surface area (Å²) >= 11 is 5.86. The van der Waals surface area contributed by atoms with Crippen molar-refractivity contribution in [3.05, 3.63) is 59.1 Å². The van der Waals surface area contributed by atoms with Gasteiger partial charge in [0.05, 0.1) is 4.90 Å². The summed E-state index contributed by atoms with van der Waals surface area (Å²) in [6.07, 6.45) is 0. The molecule has 0 aliphatic rings. The van der Waals surface area contributed by atoms with Gasteiger partial charge in [0.2, 0.25) is 14.9 Å². The van der Waals surface area contributed by atoms with Crippen molar-refractivity contribution >= 4 is 32.9 Å². The van der Waals surface area contributed by atoms with Crippen LogP contribution in [0.2, 0.25) is 5.02 Å². The van der Waals surface area contributed by atoms with Crippen molar-refractivity contribution in [2.45, 2.75) is 36.1 Å². The van der Waals surface area contributed by atoms with Crippen molar-refractivity contribution in [3.8, 4) is 0 Å². The largest absolute Gasteiger partial charge is 0.336 e. The van der Waals surface area contributed by atoms with Gasteiger partial charge in [-0.05, 0) is 47.4 Å². The predicted octanol–water partition coefficient (Wildman–Crippen LogP) is 4.33. The number of H-pyrrole nitrogens is 1. The summed E-state index contributed by atoms with van der Waals surface area (Å²) in [7, 11) is -3.81. The quantitative estimate of drug-likeness (QED) is 0.692. The van der Waals surface area contributed by atoms with Gasteiger partial charge in [-0.1, -0.05) is 44.5 Å². The number of benzene rings is 2. The highest BCUT2D eigenvalue weighted by Gasteiger charge is 2.26. The Balaban J connectivity index is 1.93. The minimum Gasteiger partial charge on any atom is -0.336 e. The fraction of sp³-hybridized carbons (Fsp3) is 0.222. The summed E-state index contributed by atoms with van der Waals surface area (Å²) in [5.41, 5.74) is 1.65. The molecule has 3 rings (SSSR count). The van der Waals surface area contributed by atoms with E-state index >= 15 is 0 Å². The van der Waals surface area contributed by atoms with Crippen LogP contribution >= 0.6 is 11.6 Å². The molecule has 0 radical (unpaired) electrons. The molecule has 0 unspecified atom stereocenters. The molecule has 3 aromatic rings. The number of hydrogen-bond donors (Lipinski definition) is 2. The van der Waals surface area contributed by atoms with Crippen LogP contribution in [0.4, 0.5) is 11.5 Å². The fourth-order valence-electron chi connectivity index (χ4n) is 2.41. The zero-order valence-corrected chi connectivity index (χ0v) is 16.2. The summed E-state index contributed by atoms with van der Waals surface area (Å²) in [5.74, 6) is 0.132. The van der Waals surface area contributed by atoms with Crippen molar-refractivity contribution in [1.82, 2.24) is 15.4 Å². The van der Waals surface area contributed by atoms with Crippen LogP contribution in [0.15, 0.2) is 58.5 Å². The molecule has 0 aliphatic carbocycles. The molecule has 0 atom stereocenters. The molecule has 1 heterocycles. The minimum absolute atomic E-state index is 0.0581. The van der Waals surface area contributed by atoms with Gasteiger partial charge in [0, 0.05) is 10.7 Å². The van der Waals surface area contributed by atoms with Crippen molar-refractivity contribution in [3.63, 3.8) is 0 Å². The van der Waals surface area contributed by atoms with E-state index in [-0.39, 0.29) is 21.2 Å². The van der Waals surface area contributed by atoms with Gasteiger partial charge in [0.1, 0.15) is 0 Å². The van der Waals surface area contributed by atoms with Gasteiger partial charge in [-0.2, -0.15) is 5.21 Å². The Morgan fingerprint density at radius 1 is 0.962 bits per heavy atom. The summed E-state index contributed by atoms with van der Waals surface area (Å²) in [5, 5.41) is 13.5. The third-order valence-corrected chi connectivity index (χ3v) is 5.85. The van der Waals surface area contributed by atoms with Crippen molar-refractivity contribution in [1.29, 1.82) is 0 Å². The van der Waals surface area contributed by atoms with E-state index in [9.17, 15) is 8.42 Å². The molecular weight excluding hydrogens is 372 g/mol. The van der Waals surface area contributed by atoms with E-state index in [0.29, 0.717) is 10.7 Å². The Morgan fingerprint density at radius 3 is 2.15 bits per heavy atom. The third-order valence-electron chi connectivity index (χ3n) is 3.91. The Kier molecular flexibility index (Phi) is 4.77. The lowest BCUT2D eigenvalue weighted by atomic mass is 9.87. The third kappa shape index (κ3) is 3.73. The van der Waals surface area contributed by atoms with Crippen LogP contribution in [0.25, 0.3) is 0 Å². The Labute approximate surface area is 157 Å². The molecule has 26 heavy (non-hydrogen) atoms. The number of aromatic amines is 1. The fourth-order valence-corrected chi connectivity index (χ4v) is 3.76. The van der Waals surface area contributed by atoms with Crippen LogP contribution in [0.3, 0.4) is 0 Å². The lowest BCUT2D eigenvalue weighted by molar-refractivity contribution is 0.585. The van der Waals surface area contributed by atoms with E-state index in [1.807, 2.05) is 12.1 Å². The Hall–Kier alpha value is -2.38. The highest BCUT2D eigenvalue weighted by Crippen LogP contribution is 2.29. The standard InChI is InChI=1S/C18H19ClN4O2S/c1-18(2,3)12-4-10-15(11-5-12)26(24,25)17-16(21-23-22-17)20-14-8-6-13(19)7-9-14/h4-11H,1-3H3,(H2,20,21,22,23). The first-order chi connectivity index (χ1) is 12.2. The van der Waals surface area contributed by atoms with Gasteiger partial charge in [0.15, 0.2) is 5.82 Å². The monoisotopic (exact) mass is 390 g/mol. The molecule has 0 aliphatic heterocycles. The SMILES string of the molecule is CC(C)(C)c1ccc(S(=O)(=O)c2n[nH]nc2Nc2ccc(Cl)cc2)cc1. The molecule has 136 valence electrons. The number of anilines is 2. The van der Waals surface area contributed by atoms with E-state index in [2.05, 4.69) is 41.5 Å². The number of nitrogens with one attached hydrogen (secondary N) is 2. The van der Waals surface area contributed by atoms with Crippen LogP contribution in [-0.4, -0.2) is 23.8 Å². The smallest absolute Gasteiger partial charge is 0.229 e. The molecule has 2 N–H and O–H groups in total. The second kappa shape index (κ2) is 6.74. The van der Waals surface area contributed by atoms with Gasteiger partial charge in [-0.15, -0.1) is 10.2 Å². The summed E-state index contributed by atoms with van der Waals surface area (Å²) < 4.78 is 25.9. The average Bonchev–Trinajstić information content (AvgIpc) is 3.05. The van der Waals surface area contributed by atoms with Crippen LogP contribution in [0.1, 0.15) is 26.3 Å². The van der Waals surface area contributed by atoms with E-state index in [1.165, 1.54) is 0 Å². The van der Waals surface area contributed by atoms with Crippen LogP contribution < -0.4 is 5.32 Å². The molecule has 1 aromatic heterocycles. The summed E-state index contributed by atoms with van der Waals surface area (Å²) in [6, 6.07) is 13.7. The highest BCUT2D eigenvalue weighted by molar-refractivity contribution is 7.91. The van der Waals surface area contributed by atoms with Crippen LogP contribution in [0, 0.1) is 0 Å². The van der Waals surface area contributed by atoms with Gasteiger partial charge >= 0.3 is 0 Å². The van der Waals surface area contributed by atoms with Gasteiger partial charge in [-0.3, -0.25) is 0 Å². The van der Waals surface area contributed by atoms with Crippen molar-refractivity contribution < 1.29 is 8.42 Å². The Bertz CT molecular complexity index is 1000. The molecule has 0 saturated heterocycles. The van der Waals surface area contributed by atoms with Gasteiger partial charge in [0.25, 0.3) is 0 Å². The molecular formula is C18H19ClN4O2S. The lowest BCUT2D eigenvalue weighted by Crippen LogP contribution is -2.12. The molecule has 2 aromatic carbocycles. The maximum Gasteiger partial charge on any atom is 0.229 e. The normalized spacial score (nSPS) is 12.2. The van der Waals surface area contributed by atoms with E-state index in [4.69, 9.17) is 11.6 Å². The number of aromatic nitrogens is 3. The first-order valence-electron chi connectivity index (χ1n) is 7.97. The average molecular weight is 391 g/mol. The molecule has 0 bridgehead atoms. The first-order valence-corrected chi connectivity index (χ1v) is 9.83. The predicted molar refractivity (Wildman–Crippen MR) is 102 cm³/mol. The summed E-state index contributed by atoms with van der Waals surface area (Å²) in [6.45, 7) is 6.22. The maximum atomic E-state index is 12.9. The maximum absolute atomic E-state index is 12.9. The van der Waals surface area contributed by atoms with E-state index < -0.39 is 9.84 Å². The highest BCUT2D eigenvalue weighted by atomic mass is 35.5. The van der Waals surface area contributed by atoms with Crippen LogP contribution in [-0.2, 0) is 15.3 Å². The van der Waals surface area contributed by atoms with Gasteiger partial charge in [-0.25, -0.2) is 8.42 Å². The lowest BCUT2D eigenvalue weighted by Gasteiger charge is -2.19. The number of hydrogen-bond acceptors (Lipinski definition) is 5. The topological polar surface area (TPSA) is 87.7 Å². The second-order valence-electron chi connectivity index (χ2n) is 6.89. The zero-order chi connectivity index (χ0) is 18.9. The molecule has 0 spiro atoms. The summed E-state index contributed by atoms with van der Waals surface area (Å²) in [4.78, 5) is 0.165. The van der Waals surface area contributed by atoms with E-state index in [1.54, 1.807) is 36.4 Å². The Morgan fingerprint density at radius 2 is 1.58 bits per heavy atom. The minimum atomic E-state index is -3.81. The van der Waals surface area contributed by atoms with Crippen LogP contribution in [0.5, 0.6) is 0 Å². The van der Waals surface area contributed by atoms with Crippen molar-refractivity contribution in [2.75, 3.05) is 5.32 Å². The molecule has 8 heteroatoms. The zero-order valence-electron chi connectivity index (χ0n) is 14.6.